The van der Waals surface area contributed by atoms with Crippen molar-refractivity contribution >= 4 is 15.8 Å². The molecule has 24 heavy (non-hydrogen) atoms. The van der Waals surface area contributed by atoms with E-state index in [-0.39, 0.29) is 5.92 Å². The van der Waals surface area contributed by atoms with E-state index >= 15 is 0 Å². The maximum atomic E-state index is 11.6. The lowest BCUT2D eigenvalue weighted by Gasteiger charge is -2.26. The summed E-state index contributed by atoms with van der Waals surface area (Å²) in [6.07, 6.45) is 11.1. The Morgan fingerprint density at radius 2 is 1.83 bits per heavy atom. The third-order valence-corrected chi connectivity index (χ3v) is 7.57. The predicted molar refractivity (Wildman–Crippen MR) is 99.0 cm³/mol. The van der Waals surface area contributed by atoms with Crippen LogP contribution in [0.2, 0.25) is 0 Å². The van der Waals surface area contributed by atoms with Gasteiger partial charge in [-0.3, -0.25) is 4.99 Å². The molecule has 0 aromatic heterocycles. The Morgan fingerprint density at radius 1 is 1.12 bits per heavy atom. The minimum Gasteiger partial charge on any atom is -0.356 e. The Labute approximate surface area is 147 Å². The van der Waals surface area contributed by atoms with Crippen LogP contribution in [0.1, 0.15) is 64.7 Å². The van der Waals surface area contributed by atoms with Crippen LogP contribution >= 0.6 is 0 Å². The highest BCUT2D eigenvalue weighted by atomic mass is 32.2. The predicted octanol–water partition coefficient (Wildman–Crippen LogP) is 2.48. The minimum atomic E-state index is -2.80. The topological polar surface area (TPSA) is 70.6 Å². The van der Waals surface area contributed by atoms with Crippen molar-refractivity contribution in [3.05, 3.63) is 0 Å². The lowest BCUT2D eigenvalue weighted by Crippen LogP contribution is -2.42. The van der Waals surface area contributed by atoms with Crippen molar-refractivity contribution in [2.75, 3.05) is 24.6 Å². The summed E-state index contributed by atoms with van der Waals surface area (Å²) in [5, 5.41) is 6.92. The van der Waals surface area contributed by atoms with Crippen molar-refractivity contribution in [2.45, 2.75) is 70.8 Å². The molecule has 2 saturated carbocycles. The second-order valence-corrected chi connectivity index (χ2v) is 10.7. The molecule has 2 N–H and O–H groups in total. The molecule has 0 spiro atoms. The second kappa shape index (κ2) is 7.63. The van der Waals surface area contributed by atoms with E-state index in [0.29, 0.717) is 29.5 Å². The van der Waals surface area contributed by atoms with E-state index < -0.39 is 9.84 Å². The van der Waals surface area contributed by atoms with Gasteiger partial charge in [0.15, 0.2) is 15.8 Å². The van der Waals surface area contributed by atoms with Gasteiger partial charge in [0, 0.05) is 19.1 Å². The van der Waals surface area contributed by atoms with Crippen molar-refractivity contribution in [3.63, 3.8) is 0 Å². The van der Waals surface area contributed by atoms with Gasteiger partial charge in [-0.05, 0) is 43.4 Å². The zero-order chi connectivity index (χ0) is 17.0. The zero-order valence-electron chi connectivity index (χ0n) is 15.0. The fourth-order valence-electron chi connectivity index (χ4n) is 3.86. The number of hydrogen-bond donors (Lipinski definition) is 2. The third kappa shape index (κ3) is 5.64. The van der Waals surface area contributed by atoms with Gasteiger partial charge in [-0.1, -0.05) is 32.6 Å². The summed E-state index contributed by atoms with van der Waals surface area (Å²) >= 11 is 0. The molecule has 1 aliphatic heterocycles. The molecule has 1 atom stereocenters. The molecule has 0 bridgehead atoms. The highest BCUT2D eigenvalue weighted by molar-refractivity contribution is 7.91. The van der Waals surface area contributed by atoms with Gasteiger partial charge in [-0.2, -0.15) is 0 Å². The van der Waals surface area contributed by atoms with E-state index in [9.17, 15) is 8.42 Å². The highest BCUT2D eigenvalue weighted by Gasteiger charge is 2.29. The normalized spacial score (nSPS) is 29.9. The van der Waals surface area contributed by atoms with Crippen molar-refractivity contribution < 1.29 is 8.42 Å². The third-order valence-electron chi connectivity index (χ3n) is 5.73. The fourth-order valence-corrected chi connectivity index (χ4v) is 5.72. The summed E-state index contributed by atoms with van der Waals surface area (Å²) < 4.78 is 23.2. The molecule has 3 aliphatic rings. The lowest BCUT2D eigenvalue weighted by atomic mass is 9.83. The zero-order valence-corrected chi connectivity index (χ0v) is 15.8. The molecular weight excluding hydrogens is 322 g/mol. The van der Waals surface area contributed by atoms with E-state index in [2.05, 4.69) is 17.6 Å². The van der Waals surface area contributed by atoms with Gasteiger partial charge < -0.3 is 10.6 Å². The number of nitrogens with zero attached hydrogens (tertiary/aromatic N) is 1. The Morgan fingerprint density at radius 3 is 2.42 bits per heavy atom. The summed E-state index contributed by atoms with van der Waals surface area (Å²) in [5.41, 5.74) is 0.325. The van der Waals surface area contributed by atoms with Crippen LogP contribution in [0.25, 0.3) is 0 Å². The maximum absolute atomic E-state index is 11.6. The molecule has 1 unspecified atom stereocenters. The van der Waals surface area contributed by atoms with Crippen LogP contribution in [0, 0.1) is 11.3 Å². The Balaban J connectivity index is 1.54. The number of hydrogen-bond acceptors (Lipinski definition) is 3. The molecule has 1 saturated heterocycles. The molecule has 138 valence electrons. The second-order valence-electron chi connectivity index (χ2n) is 8.46. The summed E-state index contributed by atoms with van der Waals surface area (Å²) in [4.78, 5) is 4.88. The van der Waals surface area contributed by atoms with Crippen molar-refractivity contribution in [2.24, 2.45) is 16.3 Å². The average molecular weight is 356 g/mol. The summed E-state index contributed by atoms with van der Waals surface area (Å²) in [5.74, 6) is 1.80. The molecule has 6 heteroatoms. The molecule has 0 radical (unpaired) electrons. The lowest BCUT2D eigenvalue weighted by molar-refractivity contribution is 0.289. The van der Waals surface area contributed by atoms with Crippen LogP contribution in [0.3, 0.4) is 0 Å². The van der Waals surface area contributed by atoms with Crippen LogP contribution in [0.4, 0.5) is 0 Å². The summed E-state index contributed by atoms with van der Waals surface area (Å²) in [7, 11) is -2.80. The van der Waals surface area contributed by atoms with Gasteiger partial charge >= 0.3 is 0 Å². The van der Waals surface area contributed by atoms with Gasteiger partial charge in [0.05, 0.1) is 11.5 Å². The number of sulfone groups is 1. The van der Waals surface area contributed by atoms with Gasteiger partial charge in [0.25, 0.3) is 0 Å². The molecule has 3 fully saturated rings. The Kier molecular flexibility index (Phi) is 5.73. The maximum Gasteiger partial charge on any atom is 0.191 e. The standard InChI is InChI=1S/C18H33N3O2S/c1-18(9-4-2-3-5-10-18)14-20-17(21-16-6-7-16)19-12-15-8-11-24(22,23)13-15/h15-16H,2-14H2,1H3,(H2,19,20,21). The molecule has 1 heterocycles. The molecule has 0 aromatic rings. The van der Waals surface area contributed by atoms with Crippen LogP contribution in [0.5, 0.6) is 0 Å². The first kappa shape index (κ1) is 18.0. The summed E-state index contributed by atoms with van der Waals surface area (Å²) in [6, 6.07) is 0.561. The van der Waals surface area contributed by atoms with Crippen LogP contribution in [-0.4, -0.2) is 45.0 Å². The summed E-state index contributed by atoms with van der Waals surface area (Å²) in [6.45, 7) is 3.96. The number of aliphatic imine (C=N–C) groups is 1. The molecule has 0 aromatic carbocycles. The first-order valence-electron chi connectivity index (χ1n) is 9.69. The van der Waals surface area contributed by atoms with Gasteiger partial charge in [0.1, 0.15) is 0 Å². The van der Waals surface area contributed by atoms with Gasteiger partial charge in [0.2, 0.25) is 0 Å². The van der Waals surface area contributed by atoms with Gasteiger partial charge in [-0.15, -0.1) is 0 Å². The number of rotatable bonds is 5. The van der Waals surface area contributed by atoms with Crippen LogP contribution in [-0.2, 0) is 9.84 Å². The molecule has 0 amide bonds. The van der Waals surface area contributed by atoms with Crippen molar-refractivity contribution in [3.8, 4) is 0 Å². The minimum absolute atomic E-state index is 0.231. The Hall–Kier alpha value is -0.780. The first-order chi connectivity index (χ1) is 11.4. The van der Waals surface area contributed by atoms with Crippen LogP contribution in [0.15, 0.2) is 4.99 Å². The van der Waals surface area contributed by atoms with Crippen molar-refractivity contribution in [1.82, 2.24) is 10.6 Å². The smallest absolute Gasteiger partial charge is 0.191 e. The molecule has 5 nitrogen and oxygen atoms in total. The van der Waals surface area contributed by atoms with Gasteiger partial charge in [-0.25, -0.2) is 8.42 Å². The SMILES string of the molecule is CC1(CN=C(NCC2CCS(=O)(=O)C2)NC2CC2)CCCCCC1. The average Bonchev–Trinajstić information content (AvgIpc) is 3.30. The molecule has 2 aliphatic carbocycles. The van der Waals surface area contributed by atoms with E-state index in [1.165, 1.54) is 51.4 Å². The molecular formula is C18H33N3O2S. The highest BCUT2D eigenvalue weighted by Crippen LogP contribution is 2.34. The number of nitrogens with one attached hydrogen (secondary N) is 2. The van der Waals surface area contributed by atoms with Crippen LogP contribution < -0.4 is 10.6 Å². The monoisotopic (exact) mass is 355 g/mol. The number of guanidine groups is 1. The van der Waals surface area contributed by atoms with E-state index in [0.717, 1.165) is 18.9 Å². The molecule has 3 rings (SSSR count). The van der Waals surface area contributed by atoms with E-state index in [1.807, 2.05) is 0 Å². The fraction of sp³-hybridized carbons (Fsp3) is 0.944. The first-order valence-corrected chi connectivity index (χ1v) is 11.5. The quantitative estimate of drug-likeness (QED) is 0.451. The Bertz CT molecular complexity index is 547. The van der Waals surface area contributed by atoms with E-state index in [1.54, 1.807) is 0 Å². The van der Waals surface area contributed by atoms with Crippen molar-refractivity contribution in [1.29, 1.82) is 0 Å². The van der Waals surface area contributed by atoms with E-state index in [4.69, 9.17) is 4.99 Å². The largest absolute Gasteiger partial charge is 0.356 e.